The molecule has 0 radical (unpaired) electrons. The number of aryl methyl sites for hydroxylation is 1. The number of rotatable bonds is 2. The zero-order valence-electron chi connectivity index (χ0n) is 7.83. The summed E-state index contributed by atoms with van der Waals surface area (Å²) in [4.78, 5) is 1.25. The molecule has 1 aromatic heterocycles. The number of hydrogen-bond acceptors (Lipinski definition) is 2. The Morgan fingerprint density at radius 3 is 2.92 bits per heavy atom. The van der Waals surface area contributed by atoms with E-state index in [0.717, 1.165) is 12.0 Å². The molecule has 2 rings (SSSR count). The van der Waals surface area contributed by atoms with Gasteiger partial charge in [-0.15, -0.1) is 11.8 Å². The Morgan fingerprint density at radius 1 is 1.38 bits per heavy atom. The molecule has 0 atom stereocenters. The number of furan rings is 1. The molecule has 0 fully saturated rings. The minimum absolute atomic E-state index is 1.00. The zero-order valence-corrected chi connectivity index (χ0v) is 8.65. The molecule has 0 spiro atoms. The Hall–Kier alpha value is -0.890. The van der Waals surface area contributed by atoms with Crippen molar-refractivity contribution in [3.8, 4) is 0 Å². The number of thioether (sulfide) groups is 1. The van der Waals surface area contributed by atoms with E-state index in [4.69, 9.17) is 4.42 Å². The Kier molecular flexibility index (Phi) is 2.32. The number of fused-ring (bicyclic) bond motifs is 1. The Bertz CT molecular complexity index is 417. The van der Waals surface area contributed by atoms with Gasteiger partial charge in [0.15, 0.2) is 0 Å². The third-order valence-corrected chi connectivity index (χ3v) is 2.97. The van der Waals surface area contributed by atoms with Gasteiger partial charge in [-0.05, 0) is 36.4 Å². The lowest BCUT2D eigenvalue weighted by molar-refractivity contribution is 0.610. The molecule has 2 heteroatoms. The van der Waals surface area contributed by atoms with Crippen LogP contribution in [0.1, 0.15) is 12.5 Å². The van der Waals surface area contributed by atoms with Crippen LogP contribution >= 0.6 is 11.8 Å². The molecule has 0 saturated heterocycles. The third-order valence-electron chi connectivity index (χ3n) is 2.24. The van der Waals surface area contributed by atoms with Gasteiger partial charge < -0.3 is 4.42 Å². The predicted molar refractivity (Wildman–Crippen MR) is 57.4 cm³/mol. The van der Waals surface area contributed by atoms with E-state index < -0.39 is 0 Å². The molecule has 0 N–H and O–H groups in total. The summed E-state index contributed by atoms with van der Waals surface area (Å²) in [5, 5.41) is 1.25. The van der Waals surface area contributed by atoms with Crippen LogP contribution in [0.2, 0.25) is 0 Å². The highest BCUT2D eigenvalue weighted by Gasteiger charge is 2.03. The summed E-state index contributed by atoms with van der Waals surface area (Å²) >= 11 is 1.74. The molecule has 1 heterocycles. The molecule has 0 aliphatic rings. The molecule has 0 bridgehead atoms. The smallest absolute Gasteiger partial charge is 0.135 e. The second kappa shape index (κ2) is 3.46. The SMILES string of the molecule is CCc1coc2cc(SC)ccc12. The van der Waals surface area contributed by atoms with Crippen LogP contribution in [0.25, 0.3) is 11.0 Å². The van der Waals surface area contributed by atoms with Gasteiger partial charge in [0, 0.05) is 10.3 Å². The van der Waals surface area contributed by atoms with E-state index in [9.17, 15) is 0 Å². The molecular weight excluding hydrogens is 180 g/mol. The van der Waals surface area contributed by atoms with Crippen LogP contribution in [-0.2, 0) is 6.42 Å². The lowest BCUT2D eigenvalue weighted by Crippen LogP contribution is -1.75. The molecular formula is C11H12OS. The standard InChI is InChI=1S/C11H12OS/c1-3-8-7-12-11-6-9(13-2)4-5-10(8)11/h4-7H,3H2,1-2H3. The molecule has 0 amide bonds. The molecule has 68 valence electrons. The summed E-state index contributed by atoms with van der Waals surface area (Å²) in [7, 11) is 0. The van der Waals surface area contributed by atoms with E-state index in [0.29, 0.717) is 0 Å². The highest BCUT2D eigenvalue weighted by Crippen LogP contribution is 2.26. The first kappa shape index (κ1) is 8.70. The van der Waals surface area contributed by atoms with Crippen molar-refractivity contribution in [1.82, 2.24) is 0 Å². The lowest BCUT2D eigenvalue weighted by Gasteiger charge is -1.95. The van der Waals surface area contributed by atoms with Crippen LogP contribution in [0.4, 0.5) is 0 Å². The molecule has 1 nitrogen and oxygen atoms in total. The topological polar surface area (TPSA) is 13.1 Å². The monoisotopic (exact) mass is 192 g/mol. The van der Waals surface area contributed by atoms with Gasteiger partial charge in [-0.2, -0.15) is 0 Å². The summed E-state index contributed by atoms with van der Waals surface area (Å²) in [6.45, 7) is 2.15. The predicted octanol–water partition coefficient (Wildman–Crippen LogP) is 3.72. The van der Waals surface area contributed by atoms with E-state index in [-0.39, 0.29) is 0 Å². The largest absolute Gasteiger partial charge is 0.464 e. The maximum Gasteiger partial charge on any atom is 0.135 e. The summed E-state index contributed by atoms with van der Waals surface area (Å²) in [5.74, 6) is 0. The molecule has 0 aliphatic heterocycles. The fourth-order valence-corrected chi connectivity index (χ4v) is 1.89. The van der Waals surface area contributed by atoms with Crippen LogP contribution in [0, 0.1) is 0 Å². The minimum atomic E-state index is 1.00. The quantitative estimate of drug-likeness (QED) is 0.673. The zero-order chi connectivity index (χ0) is 9.26. The maximum atomic E-state index is 5.47. The second-order valence-electron chi connectivity index (χ2n) is 2.98. The summed E-state index contributed by atoms with van der Waals surface area (Å²) in [6, 6.07) is 6.38. The maximum absolute atomic E-state index is 5.47. The van der Waals surface area contributed by atoms with E-state index in [1.165, 1.54) is 15.8 Å². The van der Waals surface area contributed by atoms with Gasteiger partial charge in [0.1, 0.15) is 5.58 Å². The summed E-state index contributed by atoms with van der Waals surface area (Å²) in [6.07, 6.45) is 4.96. The van der Waals surface area contributed by atoms with E-state index in [1.807, 2.05) is 6.26 Å². The van der Waals surface area contributed by atoms with Gasteiger partial charge in [-0.25, -0.2) is 0 Å². The van der Waals surface area contributed by atoms with Crippen molar-refractivity contribution in [2.75, 3.05) is 6.26 Å². The summed E-state index contributed by atoms with van der Waals surface area (Å²) in [5.41, 5.74) is 2.30. The number of hydrogen-bond donors (Lipinski definition) is 0. The molecule has 1 aromatic carbocycles. The third kappa shape index (κ3) is 1.46. The van der Waals surface area contributed by atoms with Crippen molar-refractivity contribution in [2.24, 2.45) is 0 Å². The average Bonchev–Trinajstić information content (AvgIpc) is 2.59. The number of benzene rings is 1. The van der Waals surface area contributed by atoms with Crippen molar-refractivity contribution in [3.63, 3.8) is 0 Å². The van der Waals surface area contributed by atoms with Crippen LogP contribution in [0.5, 0.6) is 0 Å². The Balaban J connectivity index is 2.61. The minimum Gasteiger partial charge on any atom is -0.464 e. The van der Waals surface area contributed by atoms with Crippen LogP contribution in [0.3, 0.4) is 0 Å². The molecule has 0 aliphatic carbocycles. The van der Waals surface area contributed by atoms with Gasteiger partial charge in [-0.3, -0.25) is 0 Å². The first-order valence-electron chi connectivity index (χ1n) is 4.39. The van der Waals surface area contributed by atoms with Crippen molar-refractivity contribution in [3.05, 3.63) is 30.0 Å². The van der Waals surface area contributed by atoms with Gasteiger partial charge >= 0.3 is 0 Å². The van der Waals surface area contributed by atoms with Crippen LogP contribution < -0.4 is 0 Å². The fourth-order valence-electron chi connectivity index (χ4n) is 1.46. The van der Waals surface area contributed by atoms with Crippen molar-refractivity contribution in [2.45, 2.75) is 18.2 Å². The van der Waals surface area contributed by atoms with Gasteiger partial charge in [-0.1, -0.05) is 6.92 Å². The van der Waals surface area contributed by atoms with Crippen LogP contribution in [-0.4, -0.2) is 6.26 Å². The highest BCUT2D eigenvalue weighted by atomic mass is 32.2. The first-order valence-corrected chi connectivity index (χ1v) is 5.61. The Labute approximate surface area is 82.1 Å². The van der Waals surface area contributed by atoms with Gasteiger partial charge in [0.2, 0.25) is 0 Å². The fraction of sp³-hybridized carbons (Fsp3) is 0.273. The van der Waals surface area contributed by atoms with E-state index in [1.54, 1.807) is 11.8 Å². The van der Waals surface area contributed by atoms with Gasteiger partial charge in [0.05, 0.1) is 6.26 Å². The second-order valence-corrected chi connectivity index (χ2v) is 3.86. The van der Waals surface area contributed by atoms with E-state index >= 15 is 0 Å². The van der Waals surface area contributed by atoms with Gasteiger partial charge in [0.25, 0.3) is 0 Å². The average molecular weight is 192 g/mol. The van der Waals surface area contributed by atoms with Crippen molar-refractivity contribution < 1.29 is 4.42 Å². The highest BCUT2D eigenvalue weighted by molar-refractivity contribution is 7.98. The molecule has 0 saturated carbocycles. The molecule has 2 aromatic rings. The normalized spacial score (nSPS) is 10.9. The summed E-state index contributed by atoms with van der Waals surface area (Å²) < 4.78 is 5.47. The lowest BCUT2D eigenvalue weighted by atomic mass is 10.1. The Morgan fingerprint density at radius 2 is 2.23 bits per heavy atom. The molecule has 0 unspecified atom stereocenters. The van der Waals surface area contributed by atoms with Crippen molar-refractivity contribution in [1.29, 1.82) is 0 Å². The van der Waals surface area contributed by atoms with Crippen LogP contribution in [0.15, 0.2) is 33.8 Å². The van der Waals surface area contributed by atoms with Crippen molar-refractivity contribution >= 4 is 22.7 Å². The van der Waals surface area contributed by atoms with E-state index in [2.05, 4.69) is 31.4 Å². The first-order chi connectivity index (χ1) is 6.35. The molecule has 13 heavy (non-hydrogen) atoms.